The van der Waals surface area contributed by atoms with Gasteiger partial charge in [-0.05, 0) is 29.8 Å². The lowest BCUT2D eigenvalue weighted by atomic mass is 10.2. The maximum Gasteiger partial charge on any atom is 0.168 e. The molecule has 5 heteroatoms. The van der Waals surface area contributed by atoms with Crippen LogP contribution >= 0.6 is 15.9 Å². The Hall–Kier alpha value is -1.72. The van der Waals surface area contributed by atoms with E-state index < -0.39 is 0 Å². The molecule has 0 saturated heterocycles. The lowest BCUT2D eigenvalue weighted by Crippen LogP contribution is -1.97. The van der Waals surface area contributed by atoms with E-state index in [1.165, 1.54) is 0 Å². The van der Waals surface area contributed by atoms with Crippen LogP contribution < -0.4 is 5.73 Å². The normalized spacial score (nSPS) is 11.0. The Bertz CT molecular complexity index is 688. The Balaban J connectivity index is 2.15. The second kappa shape index (κ2) is 4.51. The van der Waals surface area contributed by atoms with Crippen LogP contribution in [0, 0.1) is 0 Å². The summed E-state index contributed by atoms with van der Waals surface area (Å²) in [6.45, 7) is 0.511. The van der Waals surface area contributed by atoms with E-state index in [0.717, 1.165) is 27.1 Å². The van der Waals surface area contributed by atoms with Crippen molar-refractivity contribution in [2.24, 2.45) is 5.73 Å². The third-order valence-electron chi connectivity index (χ3n) is 2.81. The Morgan fingerprint density at radius 3 is 2.61 bits per heavy atom. The van der Waals surface area contributed by atoms with Gasteiger partial charge in [0, 0.05) is 22.8 Å². The van der Waals surface area contributed by atoms with Gasteiger partial charge in [0.05, 0.1) is 0 Å². The number of benzene rings is 1. The van der Waals surface area contributed by atoms with Crippen LogP contribution in [0.25, 0.3) is 17.0 Å². The molecule has 1 aromatic carbocycles. The lowest BCUT2D eigenvalue weighted by Gasteiger charge is -2.01. The number of hydrogen-bond donors (Lipinski definition) is 1. The highest BCUT2D eigenvalue weighted by atomic mass is 79.9. The van der Waals surface area contributed by atoms with Crippen LogP contribution in [0.15, 0.2) is 47.1 Å². The molecule has 0 spiro atoms. The molecule has 2 N–H and O–H groups in total. The van der Waals surface area contributed by atoms with Crippen molar-refractivity contribution in [1.82, 2.24) is 14.6 Å². The third kappa shape index (κ3) is 1.91. The SMILES string of the molecule is NCc1ccn2c(-c3ccc(Br)cc3)nnc2c1. The summed E-state index contributed by atoms with van der Waals surface area (Å²) in [5, 5.41) is 8.40. The van der Waals surface area contributed by atoms with E-state index in [-0.39, 0.29) is 0 Å². The Labute approximate surface area is 113 Å². The van der Waals surface area contributed by atoms with Gasteiger partial charge in [0.25, 0.3) is 0 Å². The van der Waals surface area contributed by atoms with Gasteiger partial charge in [0.15, 0.2) is 11.5 Å². The minimum Gasteiger partial charge on any atom is -0.326 e. The molecule has 0 amide bonds. The van der Waals surface area contributed by atoms with Gasteiger partial charge in [-0.25, -0.2) is 0 Å². The third-order valence-corrected chi connectivity index (χ3v) is 3.34. The van der Waals surface area contributed by atoms with Crippen LogP contribution in [0.3, 0.4) is 0 Å². The predicted octanol–water partition coefficient (Wildman–Crippen LogP) is 2.62. The molecule has 2 heterocycles. The first-order valence-electron chi connectivity index (χ1n) is 5.57. The molecule has 0 radical (unpaired) electrons. The average molecular weight is 303 g/mol. The zero-order valence-corrected chi connectivity index (χ0v) is 11.1. The summed E-state index contributed by atoms with van der Waals surface area (Å²) >= 11 is 3.42. The van der Waals surface area contributed by atoms with Crippen molar-refractivity contribution < 1.29 is 0 Å². The van der Waals surface area contributed by atoms with Gasteiger partial charge >= 0.3 is 0 Å². The van der Waals surface area contributed by atoms with E-state index in [1.54, 1.807) is 0 Å². The molecule has 90 valence electrons. The maximum absolute atomic E-state index is 5.61. The maximum atomic E-state index is 5.61. The molecule has 2 aromatic heterocycles. The van der Waals surface area contributed by atoms with Gasteiger partial charge < -0.3 is 5.73 Å². The molecule has 0 bridgehead atoms. The molecule has 0 aliphatic heterocycles. The zero-order valence-electron chi connectivity index (χ0n) is 9.55. The van der Waals surface area contributed by atoms with E-state index in [1.807, 2.05) is 47.0 Å². The summed E-state index contributed by atoms with van der Waals surface area (Å²) in [6.07, 6.45) is 1.95. The summed E-state index contributed by atoms with van der Waals surface area (Å²) in [5.41, 5.74) is 8.51. The zero-order chi connectivity index (χ0) is 12.5. The highest BCUT2D eigenvalue weighted by molar-refractivity contribution is 9.10. The monoisotopic (exact) mass is 302 g/mol. The van der Waals surface area contributed by atoms with Gasteiger partial charge in [0.1, 0.15) is 0 Å². The van der Waals surface area contributed by atoms with E-state index >= 15 is 0 Å². The number of rotatable bonds is 2. The van der Waals surface area contributed by atoms with Gasteiger partial charge in [-0.1, -0.05) is 28.1 Å². The molecular formula is C13H11BrN4. The summed E-state index contributed by atoms with van der Waals surface area (Å²) in [6, 6.07) is 11.9. The first-order chi connectivity index (χ1) is 8.78. The largest absolute Gasteiger partial charge is 0.326 e. The minimum absolute atomic E-state index is 0.511. The van der Waals surface area contributed by atoms with Crippen molar-refractivity contribution in [2.45, 2.75) is 6.54 Å². The number of hydrogen-bond acceptors (Lipinski definition) is 3. The van der Waals surface area contributed by atoms with Gasteiger partial charge in [-0.3, -0.25) is 4.40 Å². The Kier molecular flexibility index (Phi) is 2.85. The topological polar surface area (TPSA) is 56.2 Å². The number of fused-ring (bicyclic) bond motifs is 1. The van der Waals surface area contributed by atoms with E-state index in [0.29, 0.717) is 6.54 Å². The predicted molar refractivity (Wildman–Crippen MR) is 74.0 cm³/mol. The molecule has 0 saturated carbocycles. The number of nitrogens with two attached hydrogens (primary N) is 1. The first-order valence-corrected chi connectivity index (χ1v) is 6.37. The fourth-order valence-corrected chi connectivity index (χ4v) is 2.12. The van der Waals surface area contributed by atoms with Crippen LogP contribution in [-0.4, -0.2) is 14.6 Å². The van der Waals surface area contributed by atoms with Gasteiger partial charge in [-0.15, -0.1) is 10.2 Å². The van der Waals surface area contributed by atoms with Crippen LogP contribution in [0.2, 0.25) is 0 Å². The van der Waals surface area contributed by atoms with E-state index in [4.69, 9.17) is 5.73 Å². The summed E-state index contributed by atoms with van der Waals surface area (Å²) in [5.74, 6) is 0.834. The molecule has 0 atom stereocenters. The second-order valence-electron chi connectivity index (χ2n) is 4.00. The smallest absolute Gasteiger partial charge is 0.168 e. The quantitative estimate of drug-likeness (QED) is 0.792. The second-order valence-corrected chi connectivity index (χ2v) is 4.91. The standard InChI is InChI=1S/C13H11BrN4/c14-11-3-1-10(2-4-11)13-17-16-12-7-9(8-15)5-6-18(12)13/h1-7H,8,15H2. The van der Waals surface area contributed by atoms with Crippen LogP contribution in [0.1, 0.15) is 5.56 Å². The summed E-state index contributed by atoms with van der Waals surface area (Å²) in [4.78, 5) is 0. The lowest BCUT2D eigenvalue weighted by molar-refractivity contribution is 1.05. The summed E-state index contributed by atoms with van der Waals surface area (Å²) < 4.78 is 3.01. The number of pyridine rings is 1. The molecule has 18 heavy (non-hydrogen) atoms. The molecule has 0 unspecified atom stereocenters. The van der Waals surface area contributed by atoms with Crippen LogP contribution in [-0.2, 0) is 6.54 Å². The molecule has 0 aliphatic carbocycles. The summed E-state index contributed by atoms with van der Waals surface area (Å²) in [7, 11) is 0. The molecule has 3 rings (SSSR count). The number of aromatic nitrogens is 3. The van der Waals surface area contributed by atoms with Crippen molar-refractivity contribution in [3.8, 4) is 11.4 Å². The van der Waals surface area contributed by atoms with Crippen molar-refractivity contribution in [3.63, 3.8) is 0 Å². The number of halogens is 1. The fraction of sp³-hybridized carbons (Fsp3) is 0.0769. The first kappa shape index (κ1) is 11.4. The van der Waals surface area contributed by atoms with Gasteiger partial charge in [0.2, 0.25) is 0 Å². The average Bonchev–Trinajstić information content (AvgIpc) is 2.82. The highest BCUT2D eigenvalue weighted by Gasteiger charge is 2.07. The Morgan fingerprint density at radius 2 is 1.89 bits per heavy atom. The van der Waals surface area contributed by atoms with Crippen molar-refractivity contribution in [3.05, 3.63) is 52.6 Å². The van der Waals surface area contributed by atoms with Gasteiger partial charge in [-0.2, -0.15) is 0 Å². The van der Waals surface area contributed by atoms with E-state index in [9.17, 15) is 0 Å². The van der Waals surface area contributed by atoms with Crippen LogP contribution in [0.4, 0.5) is 0 Å². The Morgan fingerprint density at radius 1 is 1.11 bits per heavy atom. The van der Waals surface area contributed by atoms with E-state index in [2.05, 4.69) is 26.1 Å². The number of nitrogens with zero attached hydrogens (tertiary/aromatic N) is 3. The van der Waals surface area contributed by atoms with Crippen molar-refractivity contribution >= 4 is 21.6 Å². The fourth-order valence-electron chi connectivity index (χ4n) is 1.86. The van der Waals surface area contributed by atoms with Crippen LogP contribution in [0.5, 0.6) is 0 Å². The molecule has 0 aliphatic rings. The minimum atomic E-state index is 0.511. The molecular weight excluding hydrogens is 292 g/mol. The highest BCUT2D eigenvalue weighted by Crippen LogP contribution is 2.21. The van der Waals surface area contributed by atoms with Crippen molar-refractivity contribution in [1.29, 1.82) is 0 Å². The molecule has 3 aromatic rings. The molecule has 4 nitrogen and oxygen atoms in total. The van der Waals surface area contributed by atoms with Crippen molar-refractivity contribution in [2.75, 3.05) is 0 Å². The molecule has 0 fully saturated rings.